The minimum absolute atomic E-state index is 0.0384. The second kappa shape index (κ2) is 5.92. The van der Waals surface area contributed by atoms with Gasteiger partial charge in [-0.05, 0) is 32.9 Å². The molecule has 18 heavy (non-hydrogen) atoms. The third-order valence-corrected chi connectivity index (χ3v) is 1.96. The molecular weight excluding hydrogens is 230 g/mol. The molecule has 0 bridgehead atoms. The van der Waals surface area contributed by atoms with Crippen molar-refractivity contribution in [1.29, 1.82) is 5.26 Å². The van der Waals surface area contributed by atoms with Gasteiger partial charge in [-0.25, -0.2) is 0 Å². The molecule has 0 fully saturated rings. The van der Waals surface area contributed by atoms with Gasteiger partial charge in [0.15, 0.2) is 0 Å². The van der Waals surface area contributed by atoms with Gasteiger partial charge in [0.05, 0.1) is 12.8 Å². The molecule has 1 aromatic heterocycles. The Balaban J connectivity index is 2.55. The SMILES string of the molecule is CC(C)(C)NC(=O)/C(C#N)=C\NCc1ccco1. The molecule has 1 aromatic rings. The third kappa shape index (κ3) is 4.74. The summed E-state index contributed by atoms with van der Waals surface area (Å²) in [6.45, 7) is 6.00. The first-order valence-electron chi connectivity index (χ1n) is 5.61. The van der Waals surface area contributed by atoms with Crippen LogP contribution in [0.1, 0.15) is 26.5 Å². The van der Waals surface area contributed by atoms with E-state index in [9.17, 15) is 4.79 Å². The molecule has 0 saturated heterocycles. The van der Waals surface area contributed by atoms with Crippen molar-refractivity contribution in [2.45, 2.75) is 32.9 Å². The van der Waals surface area contributed by atoms with Gasteiger partial charge in [0.1, 0.15) is 17.4 Å². The molecule has 0 spiro atoms. The number of hydrogen-bond donors (Lipinski definition) is 2. The number of hydrogen-bond acceptors (Lipinski definition) is 4. The summed E-state index contributed by atoms with van der Waals surface area (Å²) in [4.78, 5) is 11.7. The Hall–Kier alpha value is -2.22. The van der Waals surface area contributed by atoms with Gasteiger partial charge in [0.2, 0.25) is 0 Å². The molecule has 0 aliphatic rings. The van der Waals surface area contributed by atoms with Crippen molar-refractivity contribution in [3.63, 3.8) is 0 Å². The summed E-state index contributed by atoms with van der Waals surface area (Å²) in [7, 11) is 0. The standard InChI is InChI=1S/C13H17N3O2/c1-13(2,3)16-12(17)10(7-14)8-15-9-11-5-4-6-18-11/h4-6,8,15H,9H2,1-3H3,(H,16,17)/b10-8-. The highest BCUT2D eigenvalue weighted by Gasteiger charge is 2.16. The minimum atomic E-state index is -0.392. The van der Waals surface area contributed by atoms with E-state index in [1.807, 2.05) is 32.9 Å². The molecule has 0 aliphatic heterocycles. The molecule has 96 valence electrons. The van der Waals surface area contributed by atoms with Gasteiger partial charge in [0, 0.05) is 11.7 Å². The van der Waals surface area contributed by atoms with Crippen LogP contribution >= 0.6 is 0 Å². The molecule has 0 aliphatic carbocycles. The summed E-state index contributed by atoms with van der Waals surface area (Å²) in [5.41, 5.74) is -0.329. The van der Waals surface area contributed by atoms with Crippen LogP contribution in [-0.4, -0.2) is 11.4 Å². The first-order valence-corrected chi connectivity index (χ1v) is 5.61. The lowest BCUT2D eigenvalue weighted by Gasteiger charge is -2.19. The highest BCUT2D eigenvalue weighted by atomic mass is 16.3. The van der Waals surface area contributed by atoms with Crippen LogP contribution in [0.4, 0.5) is 0 Å². The summed E-state index contributed by atoms with van der Waals surface area (Å²) in [5, 5.41) is 14.5. The van der Waals surface area contributed by atoms with Gasteiger partial charge in [-0.15, -0.1) is 0 Å². The smallest absolute Gasteiger partial charge is 0.263 e. The zero-order valence-electron chi connectivity index (χ0n) is 10.8. The van der Waals surface area contributed by atoms with Crippen molar-refractivity contribution in [3.05, 3.63) is 35.9 Å². The van der Waals surface area contributed by atoms with Crippen LogP contribution in [0, 0.1) is 11.3 Å². The predicted molar refractivity (Wildman–Crippen MR) is 67.1 cm³/mol. The van der Waals surface area contributed by atoms with Crippen molar-refractivity contribution >= 4 is 5.91 Å². The normalized spacial score (nSPS) is 11.8. The van der Waals surface area contributed by atoms with E-state index in [-0.39, 0.29) is 11.1 Å². The fourth-order valence-electron chi connectivity index (χ4n) is 1.22. The summed E-state index contributed by atoms with van der Waals surface area (Å²) < 4.78 is 5.11. The molecule has 0 unspecified atom stereocenters. The van der Waals surface area contributed by atoms with Crippen molar-refractivity contribution in [3.8, 4) is 6.07 Å². The number of nitrogens with one attached hydrogen (secondary N) is 2. The van der Waals surface area contributed by atoms with Gasteiger partial charge in [-0.2, -0.15) is 5.26 Å². The van der Waals surface area contributed by atoms with Crippen molar-refractivity contribution in [2.75, 3.05) is 0 Å². The molecule has 5 heteroatoms. The Kier molecular flexibility index (Phi) is 4.55. The first kappa shape index (κ1) is 13.8. The maximum absolute atomic E-state index is 11.7. The van der Waals surface area contributed by atoms with E-state index in [1.54, 1.807) is 12.3 Å². The van der Waals surface area contributed by atoms with E-state index < -0.39 is 5.91 Å². The maximum Gasteiger partial charge on any atom is 0.263 e. The summed E-state index contributed by atoms with van der Waals surface area (Å²) in [6, 6.07) is 5.44. The molecule has 0 saturated carbocycles. The highest BCUT2D eigenvalue weighted by molar-refractivity contribution is 5.97. The van der Waals surface area contributed by atoms with Crippen molar-refractivity contribution in [1.82, 2.24) is 10.6 Å². The van der Waals surface area contributed by atoms with E-state index in [4.69, 9.17) is 9.68 Å². The molecule has 1 rings (SSSR count). The number of carbonyl (C=O) groups excluding carboxylic acids is 1. The molecule has 1 amide bonds. The number of amides is 1. The molecule has 0 radical (unpaired) electrons. The Morgan fingerprint density at radius 2 is 2.28 bits per heavy atom. The monoisotopic (exact) mass is 247 g/mol. The van der Waals surface area contributed by atoms with Crippen LogP contribution in [0.15, 0.2) is 34.6 Å². The Morgan fingerprint density at radius 1 is 1.56 bits per heavy atom. The lowest BCUT2D eigenvalue weighted by molar-refractivity contribution is -0.118. The third-order valence-electron chi connectivity index (χ3n) is 1.96. The minimum Gasteiger partial charge on any atom is -0.467 e. The summed E-state index contributed by atoms with van der Waals surface area (Å²) in [6.07, 6.45) is 2.96. The number of nitrogens with zero attached hydrogens (tertiary/aromatic N) is 1. The maximum atomic E-state index is 11.7. The average molecular weight is 247 g/mol. The van der Waals surface area contributed by atoms with Gasteiger partial charge in [-0.1, -0.05) is 0 Å². The fourth-order valence-corrected chi connectivity index (χ4v) is 1.22. The summed E-state index contributed by atoms with van der Waals surface area (Å²) >= 11 is 0. The van der Waals surface area contributed by atoms with E-state index in [0.29, 0.717) is 6.54 Å². The zero-order chi connectivity index (χ0) is 13.6. The predicted octanol–water partition coefficient (Wildman–Crippen LogP) is 1.69. The van der Waals surface area contributed by atoms with Crippen LogP contribution < -0.4 is 10.6 Å². The molecule has 0 aromatic carbocycles. The van der Waals surface area contributed by atoms with E-state index in [2.05, 4.69) is 10.6 Å². The average Bonchev–Trinajstić information content (AvgIpc) is 2.74. The molecule has 1 heterocycles. The van der Waals surface area contributed by atoms with Crippen molar-refractivity contribution in [2.24, 2.45) is 0 Å². The van der Waals surface area contributed by atoms with Gasteiger partial charge in [-0.3, -0.25) is 4.79 Å². The molecule has 2 N–H and O–H groups in total. The topological polar surface area (TPSA) is 78.1 Å². The number of carbonyl (C=O) groups is 1. The van der Waals surface area contributed by atoms with Gasteiger partial charge < -0.3 is 15.1 Å². The second-order valence-corrected chi connectivity index (χ2v) is 4.83. The van der Waals surface area contributed by atoms with Crippen LogP contribution in [0.2, 0.25) is 0 Å². The largest absolute Gasteiger partial charge is 0.467 e. The molecule has 5 nitrogen and oxygen atoms in total. The Bertz CT molecular complexity index is 461. The zero-order valence-corrected chi connectivity index (χ0v) is 10.8. The fraction of sp³-hybridized carbons (Fsp3) is 0.385. The number of furan rings is 1. The highest BCUT2D eigenvalue weighted by Crippen LogP contribution is 2.02. The van der Waals surface area contributed by atoms with E-state index in [0.717, 1.165) is 5.76 Å². The van der Waals surface area contributed by atoms with Gasteiger partial charge in [0.25, 0.3) is 5.91 Å². The van der Waals surface area contributed by atoms with Gasteiger partial charge >= 0.3 is 0 Å². The van der Waals surface area contributed by atoms with Crippen molar-refractivity contribution < 1.29 is 9.21 Å². The Labute approximate surface area is 106 Å². The first-order chi connectivity index (χ1) is 8.42. The van der Waals surface area contributed by atoms with Crippen LogP contribution in [0.3, 0.4) is 0 Å². The lowest BCUT2D eigenvalue weighted by Crippen LogP contribution is -2.41. The number of rotatable bonds is 4. The second-order valence-electron chi connectivity index (χ2n) is 4.83. The molecule has 0 atom stereocenters. The molecular formula is C13H17N3O2. The van der Waals surface area contributed by atoms with E-state index in [1.165, 1.54) is 6.20 Å². The van der Waals surface area contributed by atoms with Crippen LogP contribution in [0.25, 0.3) is 0 Å². The Morgan fingerprint density at radius 3 is 2.78 bits per heavy atom. The summed E-state index contributed by atoms with van der Waals surface area (Å²) in [5.74, 6) is 0.344. The number of nitriles is 1. The van der Waals surface area contributed by atoms with Crippen LogP contribution in [-0.2, 0) is 11.3 Å². The van der Waals surface area contributed by atoms with Crippen LogP contribution in [0.5, 0.6) is 0 Å². The van der Waals surface area contributed by atoms with E-state index >= 15 is 0 Å². The lowest BCUT2D eigenvalue weighted by atomic mass is 10.1. The quantitative estimate of drug-likeness (QED) is 0.627.